The van der Waals surface area contributed by atoms with Crippen LogP contribution in [-0.2, 0) is 4.74 Å². The van der Waals surface area contributed by atoms with Gasteiger partial charge in [-0.15, -0.1) is 0 Å². The van der Waals surface area contributed by atoms with Crippen molar-refractivity contribution in [3.63, 3.8) is 0 Å². The summed E-state index contributed by atoms with van der Waals surface area (Å²) < 4.78 is 32.6. The second kappa shape index (κ2) is 9.07. The van der Waals surface area contributed by atoms with Crippen molar-refractivity contribution in [3.8, 4) is 0 Å². The highest BCUT2D eigenvalue weighted by Crippen LogP contribution is 2.21. The summed E-state index contributed by atoms with van der Waals surface area (Å²) in [6, 6.07) is 4.11. The van der Waals surface area contributed by atoms with E-state index in [1.54, 1.807) is 13.1 Å². The predicted octanol–water partition coefficient (Wildman–Crippen LogP) is 2.97. The summed E-state index contributed by atoms with van der Waals surface area (Å²) in [5.41, 5.74) is 0.379. The first-order valence-corrected chi connectivity index (χ1v) is 7.37. The standard InChI is InChI=1S/C16H26F2N2O/c1-12(2)21-11-10-20(4)9-8-15(19-3)13-6-5-7-14(17)16(13)18/h5-7,12,15,19H,8-11H2,1-4H3. The average molecular weight is 300 g/mol. The molecule has 21 heavy (non-hydrogen) atoms. The summed E-state index contributed by atoms with van der Waals surface area (Å²) in [7, 11) is 3.76. The monoisotopic (exact) mass is 300 g/mol. The first kappa shape index (κ1) is 18.0. The second-order valence-corrected chi connectivity index (χ2v) is 5.50. The number of nitrogens with one attached hydrogen (secondary N) is 1. The Balaban J connectivity index is 2.49. The molecule has 0 aliphatic rings. The van der Waals surface area contributed by atoms with Crippen molar-refractivity contribution < 1.29 is 13.5 Å². The minimum Gasteiger partial charge on any atom is -0.377 e. The van der Waals surface area contributed by atoms with Crippen molar-refractivity contribution >= 4 is 0 Å². The molecule has 120 valence electrons. The van der Waals surface area contributed by atoms with Gasteiger partial charge >= 0.3 is 0 Å². The van der Waals surface area contributed by atoms with Crippen molar-refractivity contribution in [2.24, 2.45) is 0 Å². The molecule has 0 aliphatic carbocycles. The highest BCUT2D eigenvalue weighted by atomic mass is 19.2. The van der Waals surface area contributed by atoms with Gasteiger partial charge in [-0.1, -0.05) is 12.1 Å². The molecule has 0 amide bonds. The molecular formula is C16H26F2N2O. The molecule has 0 radical (unpaired) electrons. The molecule has 0 aromatic heterocycles. The SMILES string of the molecule is CNC(CCN(C)CCOC(C)C)c1cccc(F)c1F. The van der Waals surface area contributed by atoms with Crippen LogP contribution < -0.4 is 5.32 Å². The van der Waals surface area contributed by atoms with E-state index in [0.29, 0.717) is 18.6 Å². The van der Waals surface area contributed by atoms with Gasteiger partial charge in [-0.05, 0) is 47.0 Å². The molecule has 0 saturated carbocycles. The third kappa shape index (κ3) is 6.08. The van der Waals surface area contributed by atoms with Gasteiger partial charge in [0, 0.05) is 18.2 Å². The molecule has 0 aliphatic heterocycles. The molecule has 1 aromatic rings. The topological polar surface area (TPSA) is 24.5 Å². The van der Waals surface area contributed by atoms with E-state index < -0.39 is 11.6 Å². The van der Waals surface area contributed by atoms with Crippen LogP contribution in [0, 0.1) is 11.6 Å². The summed E-state index contributed by atoms with van der Waals surface area (Å²) in [6.07, 6.45) is 0.930. The molecule has 1 unspecified atom stereocenters. The fraction of sp³-hybridized carbons (Fsp3) is 0.625. The highest BCUT2D eigenvalue weighted by Gasteiger charge is 2.17. The Kier molecular flexibility index (Phi) is 7.78. The van der Waals surface area contributed by atoms with Gasteiger partial charge in [0.25, 0.3) is 0 Å². The Morgan fingerprint density at radius 2 is 1.95 bits per heavy atom. The molecule has 1 N–H and O–H groups in total. The van der Waals surface area contributed by atoms with E-state index in [4.69, 9.17) is 4.74 Å². The average Bonchev–Trinajstić information content (AvgIpc) is 2.43. The molecule has 0 saturated heterocycles. The van der Waals surface area contributed by atoms with Gasteiger partial charge in [0.2, 0.25) is 0 Å². The molecule has 5 heteroatoms. The first-order valence-electron chi connectivity index (χ1n) is 7.37. The van der Waals surface area contributed by atoms with E-state index in [-0.39, 0.29) is 12.1 Å². The normalized spacial score (nSPS) is 13.1. The number of rotatable bonds is 9. The third-order valence-electron chi connectivity index (χ3n) is 3.43. The summed E-state index contributed by atoms with van der Waals surface area (Å²) in [5.74, 6) is -1.56. The quantitative estimate of drug-likeness (QED) is 0.759. The van der Waals surface area contributed by atoms with Gasteiger partial charge < -0.3 is 15.0 Å². The fourth-order valence-electron chi connectivity index (χ4n) is 2.15. The Labute approximate surface area is 126 Å². The lowest BCUT2D eigenvalue weighted by molar-refractivity contribution is 0.0632. The van der Waals surface area contributed by atoms with Crippen LogP contribution in [0.5, 0.6) is 0 Å². The summed E-state index contributed by atoms with van der Waals surface area (Å²) >= 11 is 0. The number of hydrogen-bond acceptors (Lipinski definition) is 3. The van der Waals surface area contributed by atoms with E-state index in [9.17, 15) is 8.78 Å². The summed E-state index contributed by atoms with van der Waals surface area (Å²) in [4.78, 5) is 2.13. The molecule has 0 bridgehead atoms. The zero-order valence-corrected chi connectivity index (χ0v) is 13.3. The third-order valence-corrected chi connectivity index (χ3v) is 3.43. The Hall–Kier alpha value is -1.04. The second-order valence-electron chi connectivity index (χ2n) is 5.50. The first-order chi connectivity index (χ1) is 9.95. The van der Waals surface area contributed by atoms with Gasteiger partial charge in [0.05, 0.1) is 12.7 Å². The van der Waals surface area contributed by atoms with Gasteiger partial charge in [0.1, 0.15) is 0 Å². The number of halogens is 2. The molecule has 1 atom stereocenters. The maximum Gasteiger partial charge on any atom is 0.163 e. The lowest BCUT2D eigenvalue weighted by Crippen LogP contribution is -2.29. The van der Waals surface area contributed by atoms with E-state index in [0.717, 1.165) is 19.2 Å². The van der Waals surface area contributed by atoms with Gasteiger partial charge in [-0.3, -0.25) is 0 Å². The van der Waals surface area contributed by atoms with Crippen molar-refractivity contribution in [3.05, 3.63) is 35.4 Å². The molecule has 0 fully saturated rings. The smallest absolute Gasteiger partial charge is 0.163 e. The molecule has 0 spiro atoms. The Morgan fingerprint density at radius 1 is 1.24 bits per heavy atom. The molecule has 1 aromatic carbocycles. The molecule has 3 nitrogen and oxygen atoms in total. The largest absolute Gasteiger partial charge is 0.377 e. The lowest BCUT2D eigenvalue weighted by atomic mass is 10.0. The van der Waals surface area contributed by atoms with Crippen LogP contribution in [0.15, 0.2) is 18.2 Å². The summed E-state index contributed by atoms with van der Waals surface area (Å²) in [6.45, 7) is 6.28. The van der Waals surface area contributed by atoms with Crippen LogP contribution in [-0.4, -0.2) is 44.8 Å². The van der Waals surface area contributed by atoms with Crippen molar-refractivity contribution in [2.75, 3.05) is 33.8 Å². The predicted molar refractivity (Wildman–Crippen MR) is 81.4 cm³/mol. The zero-order chi connectivity index (χ0) is 15.8. The number of ether oxygens (including phenoxy) is 1. The lowest BCUT2D eigenvalue weighted by Gasteiger charge is -2.22. The maximum absolute atomic E-state index is 13.8. The molecular weight excluding hydrogens is 274 g/mol. The van der Waals surface area contributed by atoms with Gasteiger partial charge in [0.15, 0.2) is 11.6 Å². The number of likely N-dealkylation sites (N-methyl/N-ethyl adjacent to an activating group) is 1. The van der Waals surface area contributed by atoms with Crippen LogP contribution >= 0.6 is 0 Å². The van der Waals surface area contributed by atoms with Gasteiger partial charge in [-0.25, -0.2) is 8.78 Å². The number of hydrogen-bond donors (Lipinski definition) is 1. The minimum absolute atomic E-state index is 0.200. The van der Waals surface area contributed by atoms with E-state index in [1.807, 2.05) is 20.9 Å². The van der Waals surface area contributed by atoms with Crippen molar-refractivity contribution in [1.29, 1.82) is 0 Å². The fourth-order valence-corrected chi connectivity index (χ4v) is 2.15. The minimum atomic E-state index is -0.800. The van der Waals surface area contributed by atoms with Crippen LogP contribution in [0.4, 0.5) is 8.78 Å². The van der Waals surface area contributed by atoms with Gasteiger partial charge in [-0.2, -0.15) is 0 Å². The Bertz CT molecular complexity index is 427. The van der Waals surface area contributed by atoms with Crippen molar-refractivity contribution in [2.45, 2.75) is 32.4 Å². The molecule has 1 rings (SSSR count). The zero-order valence-electron chi connectivity index (χ0n) is 13.3. The number of nitrogens with zero attached hydrogens (tertiary/aromatic N) is 1. The van der Waals surface area contributed by atoms with Crippen LogP contribution in [0.2, 0.25) is 0 Å². The van der Waals surface area contributed by atoms with Crippen LogP contribution in [0.25, 0.3) is 0 Å². The van der Waals surface area contributed by atoms with E-state index >= 15 is 0 Å². The number of benzene rings is 1. The van der Waals surface area contributed by atoms with E-state index in [2.05, 4.69) is 10.2 Å². The van der Waals surface area contributed by atoms with Crippen molar-refractivity contribution in [1.82, 2.24) is 10.2 Å². The summed E-state index contributed by atoms with van der Waals surface area (Å²) in [5, 5.41) is 3.05. The van der Waals surface area contributed by atoms with Crippen LogP contribution in [0.3, 0.4) is 0 Å². The van der Waals surface area contributed by atoms with E-state index in [1.165, 1.54) is 6.07 Å². The van der Waals surface area contributed by atoms with Crippen LogP contribution in [0.1, 0.15) is 31.9 Å². The Morgan fingerprint density at radius 3 is 2.57 bits per heavy atom. The molecule has 0 heterocycles. The maximum atomic E-state index is 13.8. The highest BCUT2D eigenvalue weighted by molar-refractivity contribution is 5.22.